The van der Waals surface area contributed by atoms with E-state index in [0.717, 1.165) is 31.3 Å². The van der Waals surface area contributed by atoms with Crippen LogP contribution in [0.15, 0.2) is 17.3 Å². The van der Waals surface area contributed by atoms with Gasteiger partial charge in [-0.1, -0.05) is 13.8 Å². The van der Waals surface area contributed by atoms with E-state index in [1.165, 1.54) is 0 Å². The molecule has 26 heavy (non-hydrogen) atoms. The van der Waals surface area contributed by atoms with Crippen molar-refractivity contribution >= 4 is 11.9 Å². The lowest BCUT2D eigenvalue weighted by Crippen LogP contribution is -2.72. The number of anilines is 1. The molecule has 1 aromatic heterocycles. The quantitative estimate of drug-likeness (QED) is 0.473. The number of rotatable bonds is 5. The van der Waals surface area contributed by atoms with Gasteiger partial charge in [-0.3, -0.25) is 4.99 Å². The standard InChI is InChI=1S/C17H27F3N6/c1-6-21-14(26-11-15(2,3)16(26,4)5)24-10-9-23-13-22-8-7-12(25-13)17(18,19)20/h7-8H,6,9-11H2,1-5H3,(H,21,24)(H,22,23,25). The maximum absolute atomic E-state index is 12.7. The molecule has 0 radical (unpaired) electrons. The fourth-order valence-electron chi connectivity index (χ4n) is 2.73. The first-order chi connectivity index (χ1) is 12.0. The van der Waals surface area contributed by atoms with Crippen molar-refractivity contribution in [3.63, 3.8) is 0 Å². The topological polar surface area (TPSA) is 65.4 Å². The predicted octanol–water partition coefficient (Wildman–Crippen LogP) is 2.99. The highest BCUT2D eigenvalue weighted by Crippen LogP contribution is 2.46. The summed E-state index contributed by atoms with van der Waals surface area (Å²) in [5.74, 6) is 0.758. The lowest BCUT2D eigenvalue weighted by Gasteiger charge is -2.62. The molecule has 1 aliphatic rings. The molecule has 146 valence electrons. The largest absolute Gasteiger partial charge is 0.433 e. The molecule has 2 heterocycles. The van der Waals surface area contributed by atoms with Gasteiger partial charge in [0.1, 0.15) is 5.69 Å². The summed E-state index contributed by atoms with van der Waals surface area (Å²) in [6.07, 6.45) is -3.39. The van der Waals surface area contributed by atoms with Crippen LogP contribution in [0.1, 0.15) is 40.3 Å². The molecule has 6 nitrogen and oxygen atoms in total. The first-order valence-electron chi connectivity index (χ1n) is 8.69. The zero-order chi connectivity index (χ0) is 19.6. The van der Waals surface area contributed by atoms with Gasteiger partial charge in [-0.05, 0) is 26.8 Å². The van der Waals surface area contributed by atoms with Crippen molar-refractivity contribution in [2.45, 2.75) is 46.3 Å². The minimum atomic E-state index is -4.48. The van der Waals surface area contributed by atoms with Gasteiger partial charge < -0.3 is 15.5 Å². The molecule has 0 aliphatic carbocycles. The molecule has 1 aromatic rings. The Bertz CT molecular complexity index is 654. The smallest absolute Gasteiger partial charge is 0.356 e. The van der Waals surface area contributed by atoms with E-state index in [0.29, 0.717) is 13.1 Å². The second-order valence-corrected chi connectivity index (χ2v) is 7.45. The number of aromatic nitrogens is 2. The van der Waals surface area contributed by atoms with E-state index in [9.17, 15) is 13.2 Å². The van der Waals surface area contributed by atoms with E-state index >= 15 is 0 Å². The molecule has 0 saturated carbocycles. The van der Waals surface area contributed by atoms with Crippen LogP contribution in [0.4, 0.5) is 19.1 Å². The van der Waals surface area contributed by atoms with Crippen molar-refractivity contribution < 1.29 is 13.2 Å². The summed E-state index contributed by atoms with van der Waals surface area (Å²) in [6, 6.07) is 0.848. The van der Waals surface area contributed by atoms with Gasteiger partial charge in [0, 0.05) is 36.8 Å². The normalized spacial score (nSPS) is 19.1. The summed E-state index contributed by atoms with van der Waals surface area (Å²) in [5, 5.41) is 6.06. The highest BCUT2D eigenvalue weighted by Gasteiger charge is 2.53. The lowest BCUT2D eigenvalue weighted by atomic mass is 9.65. The van der Waals surface area contributed by atoms with E-state index < -0.39 is 11.9 Å². The Balaban J connectivity index is 1.96. The number of halogens is 3. The lowest BCUT2D eigenvalue weighted by molar-refractivity contribution is -0.141. The van der Waals surface area contributed by atoms with E-state index in [1.807, 2.05) is 6.92 Å². The number of aliphatic imine (C=N–C) groups is 1. The number of hydrogen-bond donors (Lipinski definition) is 2. The first-order valence-corrected chi connectivity index (χ1v) is 8.69. The molecule has 0 amide bonds. The maximum atomic E-state index is 12.7. The third kappa shape index (κ3) is 4.19. The zero-order valence-electron chi connectivity index (χ0n) is 15.9. The Morgan fingerprint density at radius 1 is 1.31 bits per heavy atom. The fourth-order valence-corrected chi connectivity index (χ4v) is 2.73. The third-order valence-electron chi connectivity index (χ3n) is 5.08. The minimum absolute atomic E-state index is 0.0222. The maximum Gasteiger partial charge on any atom is 0.433 e. The van der Waals surface area contributed by atoms with Gasteiger partial charge in [-0.25, -0.2) is 9.97 Å². The van der Waals surface area contributed by atoms with Gasteiger partial charge in [0.25, 0.3) is 0 Å². The zero-order valence-corrected chi connectivity index (χ0v) is 15.9. The summed E-state index contributed by atoms with van der Waals surface area (Å²) in [4.78, 5) is 14.1. The number of alkyl halides is 3. The minimum Gasteiger partial charge on any atom is -0.356 e. The monoisotopic (exact) mass is 372 g/mol. The molecule has 2 rings (SSSR count). The molecule has 0 unspecified atom stereocenters. The molecule has 2 N–H and O–H groups in total. The van der Waals surface area contributed by atoms with Gasteiger partial charge in [0.15, 0.2) is 5.96 Å². The fraction of sp³-hybridized carbons (Fsp3) is 0.706. The van der Waals surface area contributed by atoms with Crippen LogP contribution in [0.25, 0.3) is 0 Å². The molecule has 1 aliphatic heterocycles. The number of hydrogen-bond acceptors (Lipinski definition) is 4. The summed E-state index contributed by atoms with van der Waals surface area (Å²) in [7, 11) is 0. The third-order valence-corrected chi connectivity index (χ3v) is 5.08. The van der Waals surface area contributed by atoms with Crippen LogP contribution in [-0.4, -0.2) is 52.5 Å². The predicted molar refractivity (Wildman–Crippen MR) is 96.1 cm³/mol. The van der Waals surface area contributed by atoms with E-state index in [1.54, 1.807) is 0 Å². The molecule has 1 saturated heterocycles. The Hall–Kier alpha value is -2.06. The van der Waals surface area contributed by atoms with Gasteiger partial charge >= 0.3 is 6.18 Å². The van der Waals surface area contributed by atoms with Crippen molar-refractivity contribution in [3.8, 4) is 0 Å². The van der Waals surface area contributed by atoms with Crippen molar-refractivity contribution in [2.75, 3.05) is 31.5 Å². The van der Waals surface area contributed by atoms with Gasteiger partial charge in [0.05, 0.1) is 6.54 Å². The van der Waals surface area contributed by atoms with Crippen LogP contribution in [0.5, 0.6) is 0 Å². The van der Waals surface area contributed by atoms with E-state index in [-0.39, 0.29) is 16.9 Å². The summed E-state index contributed by atoms with van der Waals surface area (Å²) in [5.41, 5.74) is -0.796. The van der Waals surface area contributed by atoms with Crippen molar-refractivity contribution in [3.05, 3.63) is 18.0 Å². The number of nitrogens with zero attached hydrogens (tertiary/aromatic N) is 4. The number of likely N-dealkylation sites (tertiary alicyclic amines) is 1. The second-order valence-electron chi connectivity index (χ2n) is 7.45. The summed E-state index contributed by atoms with van der Waals surface area (Å²) >= 11 is 0. The number of guanidine groups is 1. The van der Waals surface area contributed by atoms with Crippen LogP contribution in [0, 0.1) is 5.41 Å². The second kappa shape index (κ2) is 7.28. The average Bonchev–Trinajstić information content (AvgIpc) is 2.55. The van der Waals surface area contributed by atoms with Crippen molar-refractivity contribution in [2.24, 2.45) is 10.4 Å². The van der Waals surface area contributed by atoms with E-state index in [2.05, 4.69) is 58.2 Å². The average molecular weight is 372 g/mol. The molecule has 0 atom stereocenters. The summed E-state index contributed by atoms with van der Waals surface area (Å²) in [6.45, 7) is 13.2. The van der Waals surface area contributed by atoms with Crippen LogP contribution >= 0.6 is 0 Å². The Morgan fingerprint density at radius 3 is 2.54 bits per heavy atom. The van der Waals surface area contributed by atoms with Gasteiger partial charge in [-0.2, -0.15) is 13.2 Å². The highest BCUT2D eigenvalue weighted by molar-refractivity contribution is 5.82. The highest BCUT2D eigenvalue weighted by atomic mass is 19.4. The molecule has 9 heteroatoms. The van der Waals surface area contributed by atoms with Crippen molar-refractivity contribution in [1.82, 2.24) is 20.2 Å². The molecule has 0 aromatic carbocycles. The molecule has 0 bridgehead atoms. The summed E-state index contributed by atoms with van der Waals surface area (Å²) < 4.78 is 38.0. The molecule has 1 fully saturated rings. The Morgan fingerprint density at radius 2 is 2.00 bits per heavy atom. The van der Waals surface area contributed by atoms with Crippen LogP contribution in [0.2, 0.25) is 0 Å². The van der Waals surface area contributed by atoms with Crippen LogP contribution in [0.3, 0.4) is 0 Å². The van der Waals surface area contributed by atoms with Gasteiger partial charge in [0.2, 0.25) is 5.95 Å². The number of nitrogens with one attached hydrogen (secondary N) is 2. The molecular formula is C17H27F3N6. The Kier molecular flexibility index (Phi) is 5.67. The molecular weight excluding hydrogens is 345 g/mol. The van der Waals surface area contributed by atoms with Crippen LogP contribution in [-0.2, 0) is 6.18 Å². The first kappa shape index (κ1) is 20.3. The van der Waals surface area contributed by atoms with E-state index in [4.69, 9.17) is 0 Å². The van der Waals surface area contributed by atoms with Crippen molar-refractivity contribution in [1.29, 1.82) is 0 Å². The SMILES string of the molecule is CCNC(=NCCNc1nccc(C(F)(F)F)n1)N1CC(C)(C)C1(C)C. The van der Waals surface area contributed by atoms with Gasteiger partial charge in [-0.15, -0.1) is 0 Å². The van der Waals surface area contributed by atoms with Crippen LogP contribution < -0.4 is 10.6 Å². The molecule has 0 spiro atoms. The Labute approximate surface area is 152 Å².